The van der Waals surface area contributed by atoms with Gasteiger partial charge in [0.15, 0.2) is 5.96 Å². The van der Waals surface area contributed by atoms with E-state index in [9.17, 15) is 4.39 Å². The van der Waals surface area contributed by atoms with E-state index in [4.69, 9.17) is 17.2 Å². The first-order valence-electron chi connectivity index (χ1n) is 6.04. The summed E-state index contributed by atoms with van der Waals surface area (Å²) in [6.07, 6.45) is 2.19. The van der Waals surface area contributed by atoms with Gasteiger partial charge in [0.2, 0.25) is 5.96 Å². The van der Waals surface area contributed by atoms with Gasteiger partial charge in [-0.1, -0.05) is 0 Å². The highest BCUT2D eigenvalue weighted by atomic mass is 19.1. The third-order valence-corrected chi connectivity index (χ3v) is 2.87. The Kier molecular flexibility index (Phi) is 3.84. The van der Waals surface area contributed by atoms with Gasteiger partial charge in [0.1, 0.15) is 5.82 Å². The molecule has 0 amide bonds. The molecule has 0 bridgehead atoms. The number of nitrogens with zero attached hydrogens (tertiary/aromatic N) is 3. The molecule has 1 aliphatic rings. The van der Waals surface area contributed by atoms with Crippen LogP contribution in [0.5, 0.6) is 0 Å². The van der Waals surface area contributed by atoms with Crippen molar-refractivity contribution in [2.75, 3.05) is 18.0 Å². The number of halogens is 1. The van der Waals surface area contributed by atoms with Crippen LogP contribution in [-0.2, 0) is 0 Å². The second-order valence-electron chi connectivity index (χ2n) is 4.34. The minimum atomic E-state index is -0.319. The van der Waals surface area contributed by atoms with Crippen molar-refractivity contribution in [3.05, 3.63) is 24.0 Å². The summed E-state index contributed by atoms with van der Waals surface area (Å²) in [7, 11) is 0. The van der Waals surface area contributed by atoms with Gasteiger partial charge in [-0.25, -0.2) is 9.38 Å². The van der Waals surface area contributed by atoms with E-state index in [0.717, 1.165) is 25.9 Å². The molecule has 1 heterocycles. The molecule has 0 radical (unpaired) electrons. The lowest BCUT2D eigenvalue weighted by Gasteiger charge is -2.18. The lowest BCUT2D eigenvalue weighted by atomic mass is 10.2. The Hall–Kier alpha value is -2.31. The van der Waals surface area contributed by atoms with Crippen molar-refractivity contribution in [2.24, 2.45) is 27.2 Å². The van der Waals surface area contributed by atoms with E-state index in [0.29, 0.717) is 11.4 Å². The number of hydrogen-bond donors (Lipinski definition) is 3. The van der Waals surface area contributed by atoms with Crippen LogP contribution in [0.4, 0.5) is 15.8 Å². The lowest BCUT2D eigenvalue weighted by Crippen LogP contribution is -2.26. The van der Waals surface area contributed by atoms with Crippen LogP contribution in [0.25, 0.3) is 0 Å². The van der Waals surface area contributed by atoms with E-state index in [1.54, 1.807) is 12.1 Å². The molecule has 2 rings (SSSR count). The fraction of sp³-hybridized carbons (Fsp3) is 0.333. The summed E-state index contributed by atoms with van der Waals surface area (Å²) in [5.41, 5.74) is 16.8. The van der Waals surface area contributed by atoms with Crippen molar-refractivity contribution in [1.82, 2.24) is 0 Å². The molecule has 6 N–H and O–H groups in total. The molecule has 1 fully saturated rings. The normalized spacial score (nSPS) is 15.6. The average molecular weight is 264 g/mol. The number of hydrogen-bond acceptors (Lipinski definition) is 2. The van der Waals surface area contributed by atoms with Gasteiger partial charge in [0.25, 0.3) is 0 Å². The van der Waals surface area contributed by atoms with E-state index in [2.05, 4.69) is 9.98 Å². The molecule has 0 aliphatic carbocycles. The maximum Gasteiger partial charge on any atom is 0.223 e. The molecule has 1 saturated heterocycles. The average Bonchev–Trinajstić information content (AvgIpc) is 2.81. The number of anilines is 1. The van der Waals surface area contributed by atoms with Gasteiger partial charge in [0, 0.05) is 19.2 Å². The first kappa shape index (κ1) is 13.1. The van der Waals surface area contributed by atoms with E-state index in [-0.39, 0.29) is 17.7 Å². The Bertz CT molecular complexity index is 515. The zero-order valence-corrected chi connectivity index (χ0v) is 10.5. The Labute approximate surface area is 110 Å². The van der Waals surface area contributed by atoms with Crippen LogP contribution in [0, 0.1) is 5.82 Å². The zero-order chi connectivity index (χ0) is 13.8. The SMILES string of the molecule is NC(N)=NC(N)=Nc1ccc(N2CCCC2)c(F)c1. The van der Waals surface area contributed by atoms with Crippen LogP contribution in [-0.4, -0.2) is 25.0 Å². The van der Waals surface area contributed by atoms with Crippen LogP contribution >= 0.6 is 0 Å². The highest BCUT2D eigenvalue weighted by Crippen LogP contribution is 2.27. The number of nitrogens with two attached hydrogens (primary N) is 3. The van der Waals surface area contributed by atoms with E-state index >= 15 is 0 Å². The van der Waals surface area contributed by atoms with Gasteiger partial charge in [-0.3, -0.25) is 0 Å². The maximum absolute atomic E-state index is 14.0. The van der Waals surface area contributed by atoms with Crippen LogP contribution in [0.1, 0.15) is 12.8 Å². The van der Waals surface area contributed by atoms with Crippen LogP contribution in [0.15, 0.2) is 28.2 Å². The Balaban J connectivity index is 2.21. The summed E-state index contributed by atoms with van der Waals surface area (Å²) in [6, 6.07) is 4.71. The molecule has 6 nitrogen and oxygen atoms in total. The smallest absolute Gasteiger partial charge is 0.223 e. The maximum atomic E-state index is 14.0. The standard InChI is InChI=1S/C12H17FN6/c13-9-7-8(17-12(16)18-11(14)15)3-4-10(9)19-5-1-2-6-19/h3-4,7H,1-2,5-6H2,(H6,14,15,16,17,18). The van der Waals surface area contributed by atoms with Gasteiger partial charge in [-0.05, 0) is 25.0 Å². The lowest BCUT2D eigenvalue weighted by molar-refractivity contribution is 0.623. The Morgan fingerprint density at radius 3 is 2.42 bits per heavy atom. The minimum absolute atomic E-state index is 0.103. The van der Waals surface area contributed by atoms with Gasteiger partial charge >= 0.3 is 0 Å². The molecule has 0 aromatic heterocycles. The zero-order valence-electron chi connectivity index (χ0n) is 10.5. The molecule has 1 aromatic carbocycles. The Morgan fingerprint density at radius 2 is 1.84 bits per heavy atom. The number of rotatable bonds is 2. The van der Waals surface area contributed by atoms with Crippen LogP contribution < -0.4 is 22.1 Å². The number of benzene rings is 1. The summed E-state index contributed by atoms with van der Waals surface area (Å²) < 4.78 is 14.0. The topological polar surface area (TPSA) is 106 Å². The van der Waals surface area contributed by atoms with Crippen molar-refractivity contribution < 1.29 is 4.39 Å². The van der Waals surface area contributed by atoms with E-state index in [1.807, 2.05) is 4.90 Å². The predicted molar refractivity (Wildman–Crippen MR) is 74.9 cm³/mol. The quantitative estimate of drug-likeness (QED) is 0.538. The van der Waals surface area contributed by atoms with Gasteiger partial charge in [-0.2, -0.15) is 4.99 Å². The van der Waals surface area contributed by atoms with Crippen molar-refractivity contribution in [3.8, 4) is 0 Å². The van der Waals surface area contributed by atoms with Crippen molar-refractivity contribution in [2.45, 2.75) is 12.8 Å². The highest BCUT2D eigenvalue weighted by molar-refractivity contribution is 5.93. The molecule has 7 heteroatoms. The monoisotopic (exact) mass is 264 g/mol. The molecule has 0 atom stereocenters. The van der Waals surface area contributed by atoms with Crippen molar-refractivity contribution in [1.29, 1.82) is 0 Å². The molecular weight excluding hydrogens is 247 g/mol. The summed E-state index contributed by atoms with van der Waals surface area (Å²) in [6.45, 7) is 1.77. The number of aliphatic imine (C=N–C) groups is 2. The number of guanidine groups is 2. The third kappa shape index (κ3) is 3.34. The molecule has 19 heavy (non-hydrogen) atoms. The second-order valence-corrected chi connectivity index (χ2v) is 4.34. The third-order valence-electron chi connectivity index (χ3n) is 2.87. The minimum Gasteiger partial charge on any atom is -0.370 e. The molecule has 0 unspecified atom stereocenters. The van der Waals surface area contributed by atoms with Crippen LogP contribution in [0.3, 0.4) is 0 Å². The molecule has 102 valence electrons. The molecule has 0 spiro atoms. The highest BCUT2D eigenvalue weighted by Gasteiger charge is 2.16. The molecule has 1 aromatic rings. The first-order chi connectivity index (χ1) is 9.06. The summed E-state index contributed by atoms with van der Waals surface area (Å²) >= 11 is 0. The first-order valence-corrected chi connectivity index (χ1v) is 6.04. The molecule has 0 saturated carbocycles. The van der Waals surface area contributed by atoms with Gasteiger partial charge < -0.3 is 22.1 Å². The molecule has 1 aliphatic heterocycles. The molecular formula is C12H17FN6. The van der Waals surface area contributed by atoms with Crippen molar-refractivity contribution >= 4 is 23.3 Å². The summed E-state index contributed by atoms with van der Waals surface area (Å²) in [5.74, 6) is -0.607. The largest absolute Gasteiger partial charge is 0.370 e. The predicted octanol–water partition coefficient (Wildman–Crippen LogP) is 0.645. The van der Waals surface area contributed by atoms with Gasteiger partial charge in [0.05, 0.1) is 11.4 Å². The fourth-order valence-electron chi connectivity index (χ4n) is 2.07. The van der Waals surface area contributed by atoms with Crippen LogP contribution in [0.2, 0.25) is 0 Å². The van der Waals surface area contributed by atoms with Gasteiger partial charge in [-0.15, -0.1) is 0 Å². The Morgan fingerprint density at radius 1 is 1.16 bits per heavy atom. The second kappa shape index (κ2) is 5.55. The fourth-order valence-corrected chi connectivity index (χ4v) is 2.07. The van der Waals surface area contributed by atoms with Crippen molar-refractivity contribution in [3.63, 3.8) is 0 Å². The van der Waals surface area contributed by atoms with E-state index in [1.165, 1.54) is 6.07 Å². The summed E-state index contributed by atoms with van der Waals surface area (Å²) in [5, 5.41) is 0. The summed E-state index contributed by atoms with van der Waals surface area (Å²) in [4.78, 5) is 9.50. The van der Waals surface area contributed by atoms with E-state index < -0.39 is 0 Å².